The Bertz CT molecular complexity index is 1400. The van der Waals surface area contributed by atoms with Gasteiger partial charge in [-0.3, -0.25) is 23.8 Å². The molecule has 9 heteroatoms. The minimum atomic E-state index is -0.0134. The number of nitrogens with zero attached hydrogens (tertiary/aromatic N) is 8. The summed E-state index contributed by atoms with van der Waals surface area (Å²) in [6.07, 6.45) is 11.4. The van der Waals surface area contributed by atoms with Crippen LogP contribution < -0.4 is 4.90 Å². The number of fused-ring (bicyclic) bond motifs is 8. The standard InChI is InChI=1S/C22H20N8O/c1-13-15-12-29(27-13)9-3-5-18(31)28(2)21-20(30-10-4-8-23-22(30)26-21)17-11-24-16-7-6-14(15)19(16)25-17/h4,6,8,10-12H,3,5,7,9H2,1-2H3. The third kappa shape index (κ3) is 2.69. The Morgan fingerprint density at radius 2 is 2.06 bits per heavy atom. The Balaban J connectivity index is 1.63. The van der Waals surface area contributed by atoms with E-state index in [1.165, 1.54) is 0 Å². The number of allylic oxidation sites excluding steroid dienone is 1. The van der Waals surface area contributed by atoms with Gasteiger partial charge in [-0.1, -0.05) is 6.08 Å². The predicted octanol–water partition coefficient (Wildman–Crippen LogP) is 2.44. The lowest BCUT2D eigenvalue weighted by atomic mass is 10.1. The van der Waals surface area contributed by atoms with Crippen LogP contribution in [0.4, 0.5) is 5.82 Å². The van der Waals surface area contributed by atoms with Gasteiger partial charge in [0.2, 0.25) is 11.7 Å². The molecular weight excluding hydrogens is 392 g/mol. The van der Waals surface area contributed by atoms with Gasteiger partial charge in [0.15, 0.2) is 5.82 Å². The van der Waals surface area contributed by atoms with Gasteiger partial charge in [-0.2, -0.15) is 10.1 Å². The zero-order valence-corrected chi connectivity index (χ0v) is 17.3. The summed E-state index contributed by atoms with van der Waals surface area (Å²) in [6.45, 7) is 2.68. The van der Waals surface area contributed by atoms with Crippen LogP contribution in [0.15, 0.2) is 36.9 Å². The number of carbonyl (C=O) groups excluding carboxylic acids is 1. The van der Waals surface area contributed by atoms with Crippen molar-refractivity contribution in [3.8, 4) is 11.4 Å². The van der Waals surface area contributed by atoms with Crippen molar-refractivity contribution in [2.24, 2.45) is 0 Å². The molecule has 0 unspecified atom stereocenters. The normalized spacial score (nSPS) is 15.7. The molecule has 1 aliphatic heterocycles. The second-order valence-corrected chi connectivity index (χ2v) is 7.89. The number of rotatable bonds is 0. The fourth-order valence-electron chi connectivity index (χ4n) is 4.35. The average Bonchev–Trinajstić information content (AvgIpc) is 3.46. The lowest BCUT2D eigenvalue weighted by molar-refractivity contribution is -0.118. The SMILES string of the molecule is Cc1nn2cc1C1=CCc3ncc(nc31)-c1c(nc3ncccn13)N(C)C(=O)CCC2. The van der Waals surface area contributed by atoms with Crippen LogP contribution in [0.25, 0.3) is 22.7 Å². The number of aryl methyl sites for hydroxylation is 2. The summed E-state index contributed by atoms with van der Waals surface area (Å²) in [5, 5.41) is 4.66. The monoisotopic (exact) mass is 412 g/mol. The van der Waals surface area contributed by atoms with Crippen molar-refractivity contribution in [1.82, 2.24) is 34.1 Å². The molecule has 1 amide bonds. The van der Waals surface area contributed by atoms with Gasteiger partial charge < -0.3 is 0 Å². The van der Waals surface area contributed by atoms with Crippen LogP contribution in [-0.2, 0) is 17.8 Å². The quantitative estimate of drug-likeness (QED) is 0.440. The largest absolute Gasteiger partial charge is 0.298 e. The Morgan fingerprint density at radius 3 is 2.97 bits per heavy atom. The summed E-state index contributed by atoms with van der Waals surface area (Å²) < 4.78 is 3.78. The van der Waals surface area contributed by atoms with E-state index in [4.69, 9.17) is 9.97 Å². The highest BCUT2D eigenvalue weighted by Crippen LogP contribution is 2.36. The van der Waals surface area contributed by atoms with Crippen LogP contribution in [-0.4, -0.2) is 47.1 Å². The van der Waals surface area contributed by atoms with Crippen molar-refractivity contribution in [2.75, 3.05) is 11.9 Å². The summed E-state index contributed by atoms with van der Waals surface area (Å²) >= 11 is 0. The molecular formula is C22H20N8O. The van der Waals surface area contributed by atoms with Gasteiger partial charge >= 0.3 is 0 Å². The van der Waals surface area contributed by atoms with Gasteiger partial charge in [-0.15, -0.1) is 0 Å². The molecule has 0 spiro atoms. The van der Waals surface area contributed by atoms with E-state index >= 15 is 0 Å². The van der Waals surface area contributed by atoms with Crippen LogP contribution in [0.1, 0.15) is 35.5 Å². The van der Waals surface area contributed by atoms with E-state index in [0.717, 1.165) is 34.6 Å². The van der Waals surface area contributed by atoms with Crippen LogP contribution in [0.5, 0.6) is 0 Å². The number of hydrogen-bond donors (Lipinski definition) is 0. The molecule has 4 aromatic heterocycles. The highest BCUT2D eigenvalue weighted by molar-refractivity contribution is 5.96. The summed E-state index contributed by atoms with van der Waals surface area (Å²) in [5.41, 5.74) is 6.24. The lowest BCUT2D eigenvalue weighted by Gasteiger charge is -2.17. The van der Waals surface area contributed by atoms with Crippen molar-refractivity contribution in [1.29, 1.82) is 0 Å². The third-order valence-corrected chi connectivity index (χ3v) is 5.94. The van der Waals surface area contributed by atoms with Gasteiger partial charge in [0.1, 0.15) is 11.4 Å². The Kier molecular flexibility index (Phi) is 3.80. The van der Waals surface area contributed by atoms with Gasteiger partial charge in [-0.25, -0.2) is 9.97 Å². The zero-order chi connectivity index (χ0) is 21.1. The molecule has 0 aromatic carbocycles. The van der Waals surface area contributed by atoms with Crippen molar-refractivity contribution < 1.29 is 4.79 Å². The molecule has 0 radical (unpaired) electrons. The third-order valence-electron chi connectivity index (χ3n) is 5.94. The van der Waals surface area contributed by atoms with Gasteiger partial charge in [0, 0.05) is 56.2 Å². The molecule has 6 rings (SSSR count). The van der Waals surface area contributed by atoms with Crippen molar-refractivity contribution >= 4 is 23.1 Å². The van der Waals surface area contributed by atoms with Crippen LogP contribution in [0.2, 0.25) is 0 Å². The molecule has 5 heterocycles. The number of amides is 1. The van der Waals surface area contributed by atoms with E-state index in [1.807, 2.05) is 34.5 Å². The molecule has 154 valence electrons. The maximum atomic E-state index is 13.0. The maximum absolute atomic E-state index is 13.0. The number of imidazole rings is 1. The Morgan fingerprint density at radius 1 is 1.16 bits per heavy atom. The van der Waals surface area contributed by atoms with Crippen molar-refractivity contribution in [3.05, 3.63) is 59.6 Å². The highest BCUT2D eigenvalue weighted by Gasteiger charge is 2.27. The first kappa shape index (κ1) is 17.9. The second kappa shape index (κ2) is 6.56. The van der Waals surface area contributed by atoms with Gasteiger partial charge in [-0.05, 0) is 19.4 Å². The van der Waals surface area contributed by atoms with Crippen LogP contribution in [0.3, 0.4) is 0 Å². The minimum absolute atomic E-state index is 0.0134. The van der Waals surface area contributed by atoms with Gasteiger partial charge in [0.25, 0.3) is 0 Å². The Labute approximate surface area is 178 Å². The molecule has 0 saturated heterocycles. The zero-order valence-electron chi connectivity index (χ0n) is 17.3. The highest BCUT2D eigenvalue weighted by atomic mass is 16.2. The van der Waals surface area contributed by atoms with Crippen LogP contribution >= 0.6 is 0 Å². The fraction of sp³-hybridized carbons (Fsp3) is 0.273. The minimum Gasteiger partial charge on any atom is -0.298 e. The topological polar surface area (TPSA) is 94.1 Å². The first-order valence-electron chi connectivity index (χ1n) is 10.3. The summed E-state index contributed by atoms with van der Waals surface area (Å²) in [5.74, 6) is 1.04. The van der Waals surface area contributed by atoms with E-state index in [-0.39, 0.29) is 5.91 Å². The van der Waals surface area contributed by atoms with Crippen molar-refractivity contribution in [3.63, 3.8) is 0 Å². The van der Waals surface area contributed by atoms with E-state index in [2.05, 4.69) is 21.1 Å². The summed E-state index contributed by atoms with van der Waals surface area (Å²) in [7, 11) is 1.75. The number of aromatic nitrogens is 7. The molecule has 31 heavy (non-hydrogen) atoms. The molecule has 2 aliphatic rings. The number of carbonyl (C=O) groups is 1. The fourth-order valence-corrected chi connectivity index (χ4v) is 4.35. The maximum Gasteiger partial charge on any atom is 0.236 e. The first-order valence-corrected chi connectivity index (χ1v) is 10.3. The molecule has 0 saturated carbocycles. The molecule has 0 atom stereocenters. The molecule has 4 aromatic rings. The predicted molar refractivity (Wildman–Crippen MR) is 114 cm³/mol. The average molecular weight is 412 g/mol. The summed E-state index contributed by atoms with van der Waals surface area (Å²) in [4.78, 5) is 33.3. The van der Waals surface area contributed by atoms with E-state index in [9.17, 15) is 4.79 Å². The Hall–Kier alpha value is -3.88. The molecule has 0 N–H and O–H groups in total. The van der Waals surface area contributed by atoms with Crippen LogP contribution in [0, 0.1) is 6.92 Å². The lowest BCUT2D eigenvalue weighted by Crippen LogP contribution is -2.27. The second-order valence-electron chi connectivity index (χ2n) is 7.89. The molecule has 9 nitrogen and oxygen atoms in total. The van der Waals surface area contributed by atoms with Crippen molar-refractivity contribution in [2.45, 2.75) is 32.7 Å². The van der Waals surface area contributed by atoms with E-state index < -0.39 is 0 Å². The number of anilines is 1. The first-order chi connectivity index (χ1) is 15.1. The smallest absolute Gasteiger partial charge is 0.236 e. The molecule has 1 aliphatic carbocycles. The molecule has 4 bridgehead atoms. The molecule has 0 fully saturated rings. The van der Waals surface area contributed by atoms with E-state index in [1.54, 1.807) is 24.3 Å². The van der Waals surface area contributed by atoms with Gasteiger partial charge in [0.05, 0.1) is 23.3 Å². The summed E-state index contributed by atoms with van der Waals surface area (Å²) in [6, 6.07) is 1.84. The van der Waals surface area contributed by atoms with E-state index in [0.29, 0.717) is 42.4 Å². The number of hydrogen-bond acceptors (Lipinski definition) is 6.